The highest BCUT2D eigenvalue weighted by atomic mass is 16.6. The minimum absolute atomic E-state index is 0.104. The van der Waals surface area contributed by atoms with Crippen molar-refractivity contribution in [3.05, 3.63) is 23.8 Å². The van der Waals surface area contributed by atoms with E-state index in [0.717, 1.165) is 19.3 Å². The summed E-state index contributed by atoms with van der Waals surface area (Å²) in [5, 5.41) is 10.2. The molecule has 0 unspecified atom stereocenters. The lowest BCUT2D eigenvalue weighted by atomic mass is 9.87. The van der Waals surface area contributed by atoms with Crippen LogP contribution < -0.4 is 0 Å². The minimum atomic E-state index is -0.481. The van der Waals surface area contributed by atoms with Gasteiger partial charge in [0.05, 0.1) is 6.10 Å². The van der Waals surface area contributed by atoms with Gasteiger partial charge in [0, 0.05) is 0 Å². The van der Waals surface area contributed by atoms with Crippen molar-refractivity contribution >= 4 is 0 Å². The molecule has 0 radical (unpaired) electrons. The number of allylic oxidation sites excluding steroid dienone is 3. The average molecular weight is 236 g/mol. The van der Waals surface area contributed by atoms with Crippen LogP contribution in [0, 0.1) is 5.41 Å². The molecule has 2 nitrogen and oxygen atoms in total. The van der Waals surface area contributed by atoms with Gasteiger partial charge in [0.2, 0.25) is 0 Å². The summed E-state index contributed by atoms with van der Waals surface area (Å²) in [5.74, 6) is 0. The van der Waals surface area contributed by atoms with E-state index in [4.69, 9.17) is 4.74 Å². The highest BCUT2D eigenvalue weighted by Crippen LogP contribution is 2.43. The molecule has 1 saturated heterocycles. The molecule has 2 heteroatoms. The Morgan fingerprint density at radius 2 is 2.06 bits per heavy atom. The molecule has 0 saturated carbocycles. The van der Waals surface area contributed by atoms with Crippen LogP contribution in [-0.4, -0.2) is 22.9 Å². The molecule has 1 aliphatic carbocycles. The Kier molecular flexibility index (Phi) is 3.21. The van der Waals surface area contributed by atoms with Gasteiger partial charge in [-0.1, -0.05) is 37.6 Å². The lowest BCUT2D eigenvalue weighted by Crippen LogP contribution is -2.27. The molecule has 0 aromatic heterocycles. The first-order valence-corrected chi connectivity index (χ1v) is 6.54. The lowest BCUT2D eigenvalue weighted by Gasteiger charge is -2.19. The second kappa shape index (κ2) is 4.25. The van der Waals surface area contributed by atoms with Gasteiger partial charge in [0.1, 0.15) is 11.7 Å². The Morgan fingerprint density at radius 3 is 2.76 bits per heavy atom. The highest BCUT2D eigenvalue weighted by Gasteiger charge is 2.56. The third-order valence-corrected chi connectivity index (χ3v) is 4.07. The maximum Gasteiger partial charge on any atom is 0.121 e. The molecule has 0 aromatic rings. The standard InChI is InChI=1S/C15H24O2/c1-11-5-6-13-15(4,17-13)12(16)8-10-14(2,3)9-7-11/h7-8,10,12-13,16H,5-6,9H2,1-4H3/b10-8+,11-7+/t12-,13+,15-/m0/s1. The molecular weight excluding hydrogens is 212 g/mol. The van der Waals surface area contributed by atoms with E-state index in [2.05, 4.69) is 32.9 Å². The van der Waals surface area contributed by atoms with Crippen LogP contribution >= 0.6 is 0 Å². The van der Waals surface area contributed by atoms with E-state index in [-0.39, 0.29) is 17.1 Å². The van der Waals surface area contributed by atoms with Crippen LogP contribution in [0.1, 0.15) is 47.0 Å². The molecule has 17 heavy (non-hydrogen) atoms. The fourth-order valence-electron chi connectivity index (χ4n) is 2.39. The number of hydrogen-bond donors (Lipinski definition) is 1. The average Bonchev–Trinajstić information content (AvgIpc) is 2.93. The minimum Gasteiger partial charge on any atom is -0.386 e. The zero-order valence-corrected chi connectivity index (χ0v) is 11.4. The number of ether oxygens (including phenoxy) is 1. The van der Waals surface area contributed by atoms with E-state index in [1.807, 2.05) is 13.0 Å². The number of aliphatic hydroxyl groups is 1. The number of fused-ring (bicyclic) bond motifs is 1. The van der Waals surface area contributed by atoms with Crippen molar-refractivity contribution in [3.8, 4) is 0 Å². The highest BCUT2D eigenvalue weighted by molar-refractivity contribution is 5.16. The quantitative estimate of drug-likeness (QED) is 0.517. The Bertz CT molecular complexity index is 354. The van der Waals surface area contributed by atoms with Crippen molar-refractivity contribution in [2.75, 3.05) is 0 Å². The number of rotatable bonds is 0. The van der Waals surface area contributed by atoms with Crippen molar-refractivity contribution in [1.82, 2.24) is 0 Å². The summed E-state index contributed by atoms with van der Waals surface area (Å²) in [4.78, 5) is 0. The molecular formula is C15H24O2. The second-order valence-electron chi connectivity index (χ2n) is 6.38. The number of hydrogen-bond acceptors (Lipinski definition) is 2. The van der Waals surface area contributed by atoms with Crippen LogP contribution in [0.25, 0.3) is 0 Å². The van der Waals surface area contributed by atoms with Crippen molar-refractivity contribution in [2.24, 2.45) is 5.41 Å². The fourth-order valence-corrected chi connectivity index (χ4v) is 2.39. The summed E-state index contributed by atoms with van der Waals surface area (Å²) in [6.07, 6.45) is 9.21. The van der Waals surface area contributed by atoms with Crippen LogP contribution in [0.3, 0.4) is 0 Å². The summed E-state index contributed by atoms with van der Waals surface area (Å²) in [7, 11) is 0. The van der Waals surface area contributed by atoms with Crippen molar-refractivity contribution in [1.29, 1.82) is 0 Å². The smallest absolute Gasteiger partial charge is 0.121 e. The van der Waals surface area contributed by atoms with Crippen LogP contribution in [0.4, 0.5) is 0 Å². The molecule has 1 fully saturated rings. The van der Waals surface area contributed by atoms with Crippen molar-refractivity contribution < 1.29 is 9.84 Å². The van der Waals surface area contributed by atoms with Gasteiger partial charge in [-0.2, -0.15) is 0 Å². The van der Waals surface area contributed by atoms with E-state index in [0.29, 0.717) is 0 Å². The first-order chi connectivity index (χ1) is 7.83. The molecule has 2 aliphatic rings. The Labute approximate surface area is 104 Å². The zero-order valence-electron chi connectivity index (χ0n) is 11.4. The lowest BCUT2D eigenvalue weighted by molar-refractivity contribution is 0.122. The summed E-state index contributed by atoms with van der Waals surface area (Å²) < 4.78 is 5.68. The summed E-state index contributed by atoms with van der Waals surface area (Å²) in [5.41, 5.74) is 1.19. The zero-order chi connectivity index (χ0) is 12.7. The normalized spacial score (nSPS) is 46.1. The van der Waals surface area contributed by atoms with Gasteiger partial charge in [-0.05, 0) is 38.5 Å². The van der Waals surface area contributed by atoms with E-state index < -0.39 is 6.10 Å². The molecule has 3 atom stereocenters. The van der Waals surface area contributed by atoms with E-state index in [1.165, 1.54) is 5.57 Å². The largest absolute Gasteiger partial charge is 0.386 e. The first-order valence-electron chi connectivity index (χ1n) is 6.54. The second-order valence-corrected chi connectivity index (χ2v) is 6.38. The van der Waals surface area contributed by atoms with Crippen molar-refractivity contribution in [3.63, 3.8) is 0 Å². The van der Waals surface area contributed by atoms with E-state index >= 15 is 0 Å². The van der Waals surface area contributed by atoms with Crippen LogP contribution in [0.2, 0.25) is 0 Å². The third kappa shape index (κ3) is 2.80. The van der Waals surface area contributed by atoms with Crippen LogP contribution in [0.5, 0.6) is 0 Å². The van der Waals surface area contributed by atoms with Gasteiger partial charge in [-0.15, -0.1) is 0 Å². The van der Waals surface area contributed by atoms with Gasteiger partial charge in [0.15, 0.2) is 0 Å². The third-order valence-electron chi connectivity index (χ3n) is 4.07. The first kappa shape index (κ1) is 12.8. The summed E-state index contributed by atoms with van der Waals surface area (Å²) in [6, 6.07) is 0. The van der Waals surface area contributed by atoms with Gasteiger partial charge in [-0.3, -0.25) is 0 Å². The Balaban J connectivity index is 2.19. The SMILES string of the molecule is C/C1=C\CC(C)(C)/C=C/[C@H](O)[C@]2(C)O[C@@H]2CC1. The number of aliphatic hydroxyl groups excluding tert-OH is 1. The maximum absolute atomic E-state index is 10.2. The molecule has 96 valence electrons. The topological polar surface area (TPSA) is 32.8 Å². The predicted octanol–water partition coefficient (Wildman–Crippen LogP) is 3.22. The molecule has 2 rings (SSSR count). The molecule has 1 N–H and O–H groups in total. The molecule has 0 spiro atoms. The summed E-state index contributed by atoms with van der Waals surface area (Å²) >= 11 is 0. The Morgan fingerprint density at radius 1 is 1.35 bits per heavy atom. The molecule has 0 amide bonds. The van der Waals surface area contributed by atoms with Crippen molar-refractivity contribution in [2.45, 2.75) is 64.8 Å². The van der Waals surface area contributed by atoms with Gasteiger partial charge in [0.25, 0.3) is 0 Å². The summed E-state index contributed by atoms with van der Waals surface area (Å²) in [6.45, 7) is 8.60. The predicted molar refractivity (Wildman–Crippen MR) is 69.8 cm³/mol. The molecule has 0 bridgehead atoms. The van der Waals surface area contributed by atoms with Crippen LogP contribution in [0.15, 0.2) is 23.8 Å². The van der Waals surface area contributed by atoms with Gasteiger partial charge in [-0.25, -0.2) is 0 Å². The maximum atomic E-state index is 10.2. The fraction of sp³-hybridized carbons (Fsp3) is 0.733. The number of epoxide rings is 1. The van der Waals surface area contributed by atoms with Gasteiger partial charge < -0.3 is 9.84 Å². The molecule has 1 aliphatic heterocycles. The van der Waals surface area contributed by atoms with E-state index in [9.17, 15) is 5.11 Å². The molecule has 0 aromatic carbocycles. The molecule has 1 heterocycles. The van der Waals surface area contributed by atoms with E-state index in [1.54, 1.807) is 0 Å². The van der Waals surface area contributed by atoms with Gasteiger partial charge >= 0.3 is 0 Å². The Hall–Kier alpha value is -0.600. The monoisotopic (exact) mass is 236 g/mol. The van der Waals surface area contributed by atoms with Crippen LogP contribution in [-0.2, 0) is 4.74 Å².